The molecule has 0 spiro atoms. The maximum atomic E-state index is 11.1. The Morgan fingerprint density at radius 2 is 1.89 bits per heavy atom. The van der Waals surface area contributed by atoms with Crippen molar-refractivity contribution in [3.05, 3.63) is 59.4 Å². The van der Waals surface area contributed by atoms with Gasteiger partial charge in [0.2, 0.25) is 0 Å². The summed E-state index contributed by atoms with van der Waals surface area (Å²) in [5.74, 6) is 0.901. The smallest absolute Gasteiger partial charge is 0.130 e. The Hall–Kier alpha value is -2.66. The number of hydrogen-bond donors (Lipinski definition) is 1. The number of ketones is 1. The van der Waals surface area contributed by atoms with Crippen LogP contribution < -0.4 is 4.74 Å². The number of aliphatic hydroxyl groups is 1. The maximum absolute atomic E-state index is 11.1. The van der Waals surface area contributed by atoms with E-state index in [-0.39, 0.29) is 12.4 Å². The quantitative estimate of drug-likeness (QED) is 0.661. The highest BCUT2D eigenvalue weighted by Crippen LogP contribution is 2.19. The summed E-state index contributed by atoms with van der Waals surface area (Å²) < 4.78 is 7.66. The number of aryl methyl sites for hydroxylation is 3. The minimum atomic E-state index is -0.638. The number of hydrogen-bond acceptors (Lipinski definition) is 4. The van der Waals surface area contributed by atoms with Crippen molar-refractivity contribution in [2.24, 2.45) is 0 Å². The van der Waals surface area contributed by atoms with Crippen LogP contribution in [0.15, 0.2) is 42.7 Å². The standard InChI is InChI=1S/C22H26N2O3/c1-15-10-21-22(11-16(15)2)24(14-23-21)12-19(26)13-27-20-8-6-18(7-9-20)5-4-17(3)25/h6-11,14,19,26H,4-5,12-13H2,1-3H3/t19-/m1/s1. The maximum Gasteiger partial charge on any atom is 0.130 e. The highest BCUT2D eigenvalue weighted by Gasteiger charge is 2.11. The van der Waals surface area contributed by atoms with Gasteiger partial charge in [0.1, 0.15) is 24.2 Å². The molecular weight excluding hydrogens is 340 g/mol. The van der Waals surface area contributed by atoms with Gasteiger partial charge in [-0.25, -0.2) is 4.98 Å². The molecule has 0 saturated heterocycles. The first kappa shape index (κ1) is 19.1. The van der Waals surface area contributed by atoms with Crippen LogP contribution in [0.2, 0.25) is 0 Å². The molecule has 0 aliphatic carbocycles. The lowest BCUT2D eigenvalue weighted by Gasteiger charge is -2.14. The van der Waals surface area contributed by atoms with E-state index in [4.69, 9.17) is 4.74 Å². The molecule has 5 nitrogen and oxygen atoms in total. The second-order valence-corrected chi connectivity index (χ2v) is 7.13. The Balaban J connectivity index is 1.56. The number of Topliss-reactive ketones (excluding diaryl/α,β-unsaturated/α-hetero) is 1. The number of benzene rings is 2. The van der Waals surface area contributed by atoms with Crippen molar-refractivity contribution in [3.8, 4) is 5.75 Å². The van der Waals surface area contributed by atoms with Crippen LogP contribution in [0.5, 0.6) is 5.75 Å². The third-order valence-corrected chi connectivity index (χ3v) is 4.78. The van der Waals surface area contributed by atoms with Gasteiger partial charge in [0.25, 0.3) is 0 Å². The van der Waals surface area contributed by atoms with Crippen molar-refractivity contribution in [2.75, 3.05) is 6.61 Å². The number of carbonyl (C=O) groups is 1. The summed E-state index contributed by atoms with van der Waals surface area (Å²) in [5.41, 5.74) is 5.48. The third kappa shape index (κ3) is 4.95. The van der Waals surface area contributed by atoms with E-state index in [0.717, 1.165) is 23.0 Å². The monoisotopic (exact) mass is 366 g/mol. The predicted molar refractivity (Wildman–Crippen MR) is 106 cm³/mol. The first-order valence-corrected chi connectivity index (χ1v) is 9.23. The van der Waals surface area contributed by atoms with Crippen LogP contribution in [0, 0.1) is 13.8 Å². The molecule has 3 rings (SSSR count). The first-order valence-electron chi connectivity index (χ1n) is 9.23. The van der Waals surface area contributed by atoms with Gasteiger partial charge in [-0.1, -0.05) is 12.1 Å². The van der Waals surface area contributed by atoms with E-state index in [1.165, 1.54) is 11.1 Å². The Morgan fingerprint density at radius 3 is 2.59 bits per heavy atom. The van der Waals surface area contributed by atoms with Gasteiger partial charge in [0.15, 0.2) is 0 Å². The number of imidazole rings is 1. The summed E-state index contributed by atoms with van der Waals surface area (Å²) >= 11 is 0. The van der Waals surface area contributed by atoms with Crippen LogP contribution in [0.3, 0.4) is 0 Å². The van der Waals surface area contributed by atoms with Crippen molar-refractivity contribution >= 4 is 16.8 Å². The van der Waals surface area contributed by atoms with Gasteiger partial charge in [-0.15, -0.1) is 0 Å². The third-order valence-electron chi connectivity index (χ3n) is 4.78. The van der Waals surface area contributed by atoms with E-state index in [2.05, 4.69) is 31.0 Å². The lowest BCUT2D eigenvalue weighted by atomic mass is 10.1. The summed E-state index contributed by atoms with van der Waals surface area (Å²) in [4.78, 5) is 15.5. The van der Waals surface area contributed by atoms with Crippen molar-refractivity contribution < 1.29 is 14.6 Å². The molecule has 1 aromatic heterocycles. The van der Waals surface area contributed by atoms with Crippen molar-refractivity contribution in [3.63, 3.8) is 0 Å². The zero-order chi connectivity index (χ0) is 19.4. The molecule has 0 fully saturated rings. The zero-order valence-corrected chi connectivity index (χ0v) is 16.1. The van der Waals surface area contributed by atoms with Gasteiger partial charge in [-0.3, -0.25) is 0 Å². The highest BCUT2D eigenvalue weighted by atomic mass is 16.5. The Kier molecular flexibility index (Phi) is 5.91. The van der Waals surface area contributed by atoms with Gasteiger partial charge < -0.3 is 19.2 Å². The predicted octanol–water partition coefficient (Wildman–Crippen LogP) is 3.61. The number of ether oxygens (including phenoxy) is 1. The Bertz CT molecular complexity index is 929. The molecule has 5 heteroatoms. The van der Waals surface area contributed by atoms with E-state index in [1.807, 2.05) is 28.8 Å². The molecule has 0 radical (unpaired) electrons. The van der Waals surface area contributed by atoms with E-state index >= 15 is 0 Å². The van der Waals surface area contributed by atoms with E-state index < -0.39 is 6.10 Å². The zero-order valence-electron chi connectivity index (χ0n) is 16.1. The molecule has 0 saturated carbocycles. The molecule has 0 amide bonds. The average molecular weight is 366 g/mol. The number of carbonyl (C=O) groups excluding carboxylic acids is 1. The molecule has 1 N–H and O–H groups in total. The average Bonchev–Trinajstić information content (AvgIpc) is 3.01. The SMILES string of the molecule is CC(=O)CCc1ccc(OC[C@H](O)Cn2cnc3cc(C)c(C)cc32)cc1. The van der Waals surface area contributed by atoms with Gasteiger partial charge >= 0.3 is 0 Å². The minimum Gasteiger partial charge on any atom is -0.491 e. The molecule has 0 bridgehead atoms. The summed E-state index contributed by atoms with van der Waals surface area (Å²) in [5, 5.41) is 10.4. The lowest BCUT2D eigenvalue weighted by molar-refractivity contribution is -0.116. The molecule has 1 heterocycles. The van der Waals surface area contributed by atoms with E-state index in [1.54, 1.807) is 13.3 Å². The minimum absolute atomic E-state index is 0.191. The summed E-state index contributed by atoms with van der Waals surface area (Å²) in [6, 6.07) is 11.8. The normalized spacial score (nSPS) is 12.3. The summed E-state index contributed by atoms with van der Waals surface area (Å²) in [6.07, 6.45) is 2.42. The molecule has 0 aliphatic rings. The fraction of sp³-hybridized carbons (Fsp3) is 0.364. The molecule has 27 heavy (non-hydrogen) atoms. The van der Waals surface area contributed by atoms with Crippen LogP contribution in [0.4, 0.5) is 0 Å². The topological polar surface area (TPSA) is 64.3 Å². The second-order valence-electron chi connectivity index (χ2n) is 7.13. The van der Waals surface area contributed by atoms with E-state index in [9.17, 15) is 9.90 Å². The molecule has 0 aliphatic heterocycles. The van der Waals surface area contributed by atoms with Crippen molar-refractivity contribution in [1.82, 2.24) is 9.55 Å². The van der Waals surface area contributed by atoms with Gasteiger partial charge in [0.05, 0.1) is 23.9 Å². The van der Waals surface area contributed by atoms with Crippen LogP contribution in [0.1, 0.15) is 30.0 Å². The molecule has 1 atom stereocenters. The number of aliphatic hydroxyl groups excluding tert-OH is 1. The second kappa shape index (κ2) is 8.35. The number of rotatable bonds is 8. The summed E-state index contributed by atoms with van der Waals surface area (Å²) in [6.45, 7) is 6.38. The van der Waals surface area contributed by atoms with Crippen LogP contribution >= 0.6 is 0 Å². The highest BCUT2D eigenvalue weighted by molar-refractivity contribution is 5.77. The molecule has 142 valence electrons. The van der Waals surface area contributed by atoms with E-state index in [0.29, 0.717) is 18.7 Å². The molecule has 3 aromatic rings. The number of fused-ring (bicyclic) bond motifs is 1. The lowest BCUT2D eigenvalue weighted by Crippen LogP contribution is -2.23. The fourth-order valence-electron chi connectivity index (χ4n) is 3.00. The largest absolute Gasteiger partial charge is 0.491 e. The van der Waals surface area contributed by atoms with Gasteiger partial charge in [-0.2, -0.15) is 0 Å². The van der Waals surface area contributed by atoms with Crippen LogP contribution in [-0.2, 0) is 17.8 Å². The fourth-order valence-corrected chi connectivity index (χ4v) is 3.00. The Morgan fingerprint density at radius 1 is 1.19 bits per heavy atom. The van der Waals surface area contributed by atoms with Gasteiger partial charge in [0, 0.05) is 6.42 Å². The van der Waals surface area contributed by atoms with Crippen molar-refractivity contribution in [2.45, 2.75) is 46.3 Å². The Labute approximate surface area is 159 Å². The van der Waals surface area contributed by atoms with Crippen LogP contribution in [-0.4, -0.2) is 33.2 Å². The molecule has 2 aromatic carbocycles. The van der Waals surface area contributed by atoms with Gasteiger partial charge in [-0.05, 0) is 68.1 Å². The van der Waals surface area contributed by atoms with Crippen LogP contribution in [0.25, 0.3) is 11.0 Å². The summed E-state index contributed by atoms with van der Waals surface area (Å²) in [7, 11) is 0. The number of nitrogens with zero attached hydrogens (tertiary/aromatic N) is 2. The number of aromatic nitrogens is 2. The molecular formula is C22H26N2O3. The first-order chi connectivity index (χ1) is 12.9. The molecule has 0 unspecified atom stereocenters. The van der Waals surface area contributed by atoms with Crippen molar-refractivity contribution in [1.29, 1.82) is 0 Å².